The Morgan fingerprint density at radius 3 is 2.52 bits per heavy atom. The van der Waals surface area contributed by atoms with Gasteiger partial charge in [0, 0.05) is 9.99 Å². The Balaban J connectivity index is 2.76. The highest BCUT2D eigenvalue weighted by Crippen LogP contribution is 2.20. The number of hydrogen-bond acceptors (Lipinski definition) is 3. The Bertz CT molecular complexity index is 542. The van der Waals surface area contributed by atoms with E-state index in [1.807, 2.05) is 0 Å². The molecule has 0 aromatic heterocycles. The van der Waals surface area contributed by atoms with Gasteiger partial charge in [-0.15, -0.1) is 0 Å². The molecule has 1 aromatic carbocycles. The van der Waals surface area contributed by atoms with Crippen LogP contribution in [0.15, 0.2) is 18.2 Å². The highest BCUT2D eigenvalue weighted by molar-refractivity contribution is 14.1. The maximum Gasteiger partial charge on any atom is 0.408 e. The van der Waals surface area contributed by atoms with Crippen LogP contribution in [-0.4, -0.2) is 28.8 Å². The Morgan fingerprint density at radius 2 is 2.05 bits per heavy atom. The van der Waals surface area contributed by atoms with Crippen LogP contribution in [0.4, 0.5) is 4.79 Å². The molecule has 0 saturated carbocycles. The van der Waals surface area contributed by atoms with Crippen molar-refractivity contribution in [3.63, 3.8) is 0 Å². The Kier molecular flexibility index (Phi) is 6.27. The number of halogens is 2. The fraction of sp³-hybridized carbons (Fsp3) is 0.429. The third-order valence-corrected chi connectivity index (χ3v) is 3.95. The summed E-state index contributed by atoms with van der Waals surface area (Å²) in [5.74, 6) is -1.12. The molecular formula is C14H17ClINO4. The van der Waals surface area contributed by atoms with Crippen LogP contribution in [0, 0.1) is 3.57 Å². The van der Waals surface area contributed by atoms with Gasteiger partial charge in [0.1, 0.15) is 11.6 Å². The van der Waals surface area contributed by atoms with E-state index in [1.165, 1.54) is 0 Å². The van der Waals surface area contributed by atoms with Gasteiger partial charge in [0.2, 0.25) is 0 Å². The predicted molar refractivity (Wildman–Crippen MR) is 88.7 cm³/mol. The van der Waals surface area contributed by atoms with Crippen molar-refractivity contribution in [1.82, 2.24) is 5.32 Å². The number of alkyl carbamates (subject to hydrolysis) is 1. The van der Waals surface area contributed by atoms with Crippen LogP contribution in [0.5, 0.6) is 0 Å². The third kappa shape index (κ3) is 6.52. The standard InChI is InChI=1S/C14H17ClINO4/c1-14(2,3)21-13(20)17-11(12(18)19)7-8-4-5-9(15)10(16)6-8/h4-6,11H,7H2,1-3H3,(H,17,20)(H,18,19). The lowest BCUT2D eigenvalue weighted by atomic mass is 10.1. The molecule has 21 heavy (non-hydrogen) atoms. The van der Waals surface area contributed by atoms with Crippen molar-refractivity contribution in [3.05, 3.63) is 32.4 Å². The van der Waals surface area contributed by atoms with Crippen molar-refractivity contribution in [3.8, 4) is 0 Å². The second-order valence-corrected chi connectivity index (χ2v) is 7.06. The molecule has 1 unspecified atom stereocenters. The first kappa shape index (κ1) is 18.0. The number of carboxylic acids is 1. The molecule has 0 radical (unpaired) electrons. The van der Waals surface area contributed by atoms with Gasteiger partial charge in [0.15, 0.2) is 0 Å². The van der Waals surface area contributed by atoms with E-state index in [2.05, 4.69) is 27.9 Å². The Labute approximate surface area is 142 Å². The van der Waals surface area contributed by atoms with Gasteiger partial charge in [-0.2, -0.15) is 0 Å². The van der Waals surface area contributed by atoms with Crippen LogP contribution in [0.25, 0.3) is 0 Å². The highest BCUT2D eigenvalue weighted by atomic mass is 127. The predicted octanol–water partition coefficient (Wildman–Crippen LogP) is 3.47. The summed E-state index contributed by atoms with van der Waals surface area (Å²) in [5.41, 5.74) is 0.0928. The quantitative estimate of drug-likeness (QED) is 0.725. The van der Waals surface area contributed by atoms with Gasteiger partial charge in [0.25, 0.3) is 0 Å². The lowest BCUT2D eigenvalue weighted by molar-refractivity contribution is -0.139. The molecule has 1 amide bonds. The maximum atomic E-state index is 11.7. The van der Waals surface area contributed by atoms with E-state index in [0.717, 1.165) is 9.13 Å². The number of rotatable bonds is 4. The largest absolute Gasteiger partial charge is 0.480 e. The van der Waals surface area contributed by atoms with Crippen LogP contribution < -0.4 is 5.32 Å². The Hall–Kier alpha value is -1.02. The first-order chi connectivity index (χ1) is 9.58. The van der Waals surface area contributed by atoms with Gasteiger partial charge in [0.05, 0.1) is 5.02 Å². The zero-order valence-electron chi connectivity index (χ0n) is 11.9. The first-order valence-electron chi connectivity index (χ1n) is 6.25. The molecule has 2 N–H and O–H groups in total. The summed E-state index contributed by atoms with van der Waals surface area (Å²) in [5, 5.41) is 12.2. The molecule has 0 spiro atoms. The molecule has 1 rings (SSSR count). The van der Waals surface area contributed by atoms with Crippen LogP contribution >= 0.6 is 34.2 Å². The van der Waals surface area contributed by atoms with Gasteiger partial charge in [-0.3, -0.25) is 0 Å². The monoisotopic (exact) mass is 425 g/mol. The summed E-state index contributed by atoms with van der Waals surface area (Å²) in [6.07, 6.45) is -0.597. The van der Waals surface area contributed by atoms with Gasteiger partial charge in [-0.1, -0.05) is 17.7 Å². The molecule has 1 aromatic rings. The highest BCUT2D eigenvalue weighted by Gasteiger charge is 2.24. The lowest BCUT2D eigenvalue weighted by Crippen LogP contribution is -2.44. The molecule has 0 aliphatic carbocycles. The molecule has 0 saturated heterocycles. The summed E-state index contributed by atoms with van der Waals surface area (Å²) in [7, 11) is 0. The first-order valence-corrected chi connectivity index (χ1v) is 7.70. The number of nitrogens with one attached hydrogen (secondary N) is 1. The van der Waals surface area contributed by atoms with E-state index >= 15 is 0 Å². The molecule has 0 bridgehead atoms. The Morgan fingerprint density at radius 1 is 1.43 bits per heavy atom. The second kappa shape index (κ2) is 7.31. The van der Waals surface area contributed by atoms with Crippen LogP contribution in [-0.2, 0) is 16.0 Å². The number of ether oxygens (including phenoxy) is 1. The molecule has 0 aliphatic heterocycles. The van der Waals surface area contributed by atoms with E-state index in [1.54, 1.807) is 39.0 Å². The van der Waals surface area contributed by atoms with Crippen LogP contribution in [0.1, 0.15) is 26.3 Å². The van der Waals surface area contributed by atoms with Crippen molar-refractivity contribution in [2.24, 2.45) is 0 Å². The number of hydrogen-bond donors (Lipinski definition) is 2. The van der Waals surface area contributed by atoms with Crippen molar-refractivity contribution >= 4 is 46.3 Å². The number of carbonyl (C=O) groups is 2. The molecule has 116 valence electrons. The summed E-state index contributed by atoms with van der Waals surface area (Å²) < 4.78 is 5.89. The number of carbonyl (C=O) groups excluding carboxylic acids is 1. The summed E-state index contributed by atoms with van der Waals surface area (Å²) in [6, 6.07) is 4.16. The number of benzene rings is 1. The van der Waals surface area contributed by atoms with E-state index in [-0.39, 0.29) is 6.42 Å². The molecule has 0 aliphatic rings. The van der Waals surface area contributed by atoms with Gasteiger partial charge < -0.3 is 15.2 Å². The minimum atomic E-state index is -1.12. The fourth-order valence-corrected chi connectivity index (χ4v) is 2.25. The second-order valence-electron chi connectivity index (χ2n) is 5.49. The number of amides is 1. The lowest BCUT2D eigenvalue weighted by Gasteiger charge is -2.22. The van der Waals surface area contributed by atoms with E-state index in [0.29, 0.717) is 5.02 Å². The number of carboxylic acid groups (broad SMARTS) is 1. The topological polar surface area (TPSA) is 75.6 Å². The molecule has 5 nitrogen and oxygen atoms in total. The number of aliphatic carboxylic acids is 1. The van der Waals surface area contributed by atoms with Gasteiger partial charge in [-0.05, 0) is 61.1 Å². The molecule has 7 heteroatoms. The van der Waals surface area contributed by atoms with E-state index in [9.17, 15) is 14.7 Å². The fourth-order valence-electron chi connectivity index (χ4n) is 1.55. The minimum absolute atomic E-state index is 0.155. The molecule has 0 heterocycles. The summed E-state index contributed by atoms with van der Waals surface area (Å²) in [6.45, 7) is 5.14. The van der Waals surface area contributed by atoms with E-state index < -0.39 is 23.7 Å². The summed E-state index contributed by atoms with van der Waals surface area (Å²) >= 11 is 7.99. The zero-order chi connectivity index (χ0) is 16.2. The van der Waals surface area contributed by atoms with Crippen LogP contribution in [0.2, 0.25) is 5.02 Å². The average molecular weight is 426 g/mol. The van der Waals surface area contributed by atoms with Crippen LogP contribution in [0.3, 0.4) is 0 Å². The van der Waals surface area contributed by atoms with Crippen molar-refractivity contribution in [2.75, 3.05) is 0 Å². The SMILES string of the molecule is CC(C)(C)OC(=O)NC(Cc1ccc(Cl)c(I)c1)C(=O)O. The average Bonchev–Trinajstić information content (AvgIpc) is 2.30. The van der Waals surface area contributed by atoms with E-state index in [4.69, 9.17) is 16.3 Å². The third-order valence-electron chi connectivity index (χ3n) is 2.41. The summed E-state index contributed by atoms with van der Waals surface area (Å²) in [4.78, 5) is 22.9. The maximum absolute atomic E-state index is 11.7. The smallest absolute Gasteiger partial charge is 0.408 e. The van der Waals surface area contributed by atoms with Crippen molar-refractivity contribution in [1.29, 1.82) is 0 Å². The zero-order valence-corrected chi connectivity index (χ0v) is 14.9. The van der Waals surface area contributed by atoms with Gasteiger partial charge in [-0.25, -0.2) is 9.59 Å². The molecular weight excluding hydrogens is 409 g/mol. The van der Waals surface area contributed by atoms with Crippen molar-refractivity contribution < 1.29 is 19.4 Å². The molecule has 0 fully saturated rings. The minimum Gasteiger partial charge on any atom is -0.480 e. The normalized spacial score (nSPS) is 12.6. The van der Waals surface area contributed by atoms with Crippen molar-refractivity contribution in [2.45, 2.75) is 38.8 Å². The van der Waals surface area contributed by atoms with Gasteiger partial charge >= 0.3 is 12.1 Å². The molecule has 1 atom stereocenters.